The summed E-state index contributed by atoms with van der Waals surface area (Å²) in [5.74, 6) is 0. The van der Waals surface area contributed by atoms with Gasteiger partial charge in [-0.05, 0) is 76.9 Å². The van der Waals surface area contributed by atoms with Crippen molar-refractivity contribution in [3.63, 3.8) is 0 Å². The zero-order chi connectivity index (χ0) is 31.7. The second-order valence-corrected chi connectivity index (χ2v) is 13.8. The van der Waals surface area contributed by atoms with E-state index in [0.29, 0.717) is 0 Å². The van der Waals surface area contributed by atoms with Crippen LogP contribution in [-0.4, -0.2) is 4.40 Å². The molecule has 0 saturated carbocycles. The molecule has 7 aromatic carbocycles. The number of hydrogen-bond acceptors (Lipinski definition) is 2. The van der Waals surface area contributed by atoms with E-state index in [1.165, 1.54) is 60.3 Å². The quantitative estimate of drug-likeness (QED) is 0.197. The van der Waals surface area contributed by atoms with Gasteiger partial charge in [-0.3, -0.25) is 0 Å². The fourth-order valence-electron chi connectivity index (χ4n) is 8.69. The summed E-state index contributed by atoms with van der Waals surface area (Å²) >= 11 is 0. The zero-order valence-electron chi connectivity index (χ0n) is 26.7. The molecule has 3 heteroatoms. The molecule has 1 aliphatic carbocycles. The highest BCUT2D eigenvalue weighted by Crippen LogP contribution is 2.51. The molecule has 0 radical (unpaired) electrons. The first-order chi connectivity index (χ1) is 23.6. The lowest BCUT2D eigenvalue weighted by Gasteiger charge is -2.28. The molecule has 226 valence electrons. The van der Waals surface area contributed by atoms with Gasteiger partial charge in [0, 0.05) is 60.9 Å². The molecule has 0 atom stereocenters. The van der Waals surface area contributed by atoms with Crippen LogP contribution in [0.3, 0.4) is 0 Å². The molecular weight excluding hydrogens is 585 g/mol. The number of anilines is 3. The molecule has 3 heterocycles. The summed E-state index contributed by atoms with van der Waals surface area (Å²) in [6.07, 6.45) is 0. The SMILES string of the molecule is CC1(C)c2ccccc2-c2ccc(N(c3ccc4c(c3)oc3ccccc34)c3ccc4c(c3)c3cccc5c6ccccc6n4c53)cc21. The fraction of sp³-hybridized carbons (Fsp3) is 0.0667. The summed E-state index contributed by atoms with van der Waals surface area (Å²) in [7, 11) is 0. The van der Waals surface area contributed by atoms with Crippen molar-refractivity contribution >= 4 is 77.1 Å². The van der Waals surface area contributed by atoms with Crippen LogP contribution in [0, 0.1) is 0 Å². The van der Waals surface area contributed by atoms with E-state index in [1.54, 1.807) is 0 Å². The van der Waals surface area contributed by atoms with Crippen molar-refractivity contribution in [3.8, 4) is 11.1 Å². The summed E-state index contributed by atoms with van der Waals surface area (Å²) in [6.45, 7) is 4.70. The minimum Gasteiger partial charge on any atom is -0.456 e. The average molecular weight is 615 g/mol. The second kappa shape index (κ2) is 9.05. The Morgan fingerprint density at radius 3 is 2.00 bits per heavy atom. The van der Waals surface area contributed by atoms with Gasteiger partial charge in [0.05, 0.1) is 16.6 Å². The largest absolute Gasteiger partial charge is 0.456 e. The lowest BCUT2D eigenvalue weighted by atomic mass is 9.82. The van der Waals surface area contributed by atoms with Crippen molar-refractivity contribution in [2.24, 2.45) is 0 Å². The molecule has 0 saturated heterocycles. The topological polar surface area (TPSA) is 20.8 Å². The van der Waals surface area contributed by atoms with Gasteiger partial charge in [0.2, 0.25) is 0 Å². The number of fused-ring (bicyclic) bond motifs is 12. The maximum atomic E-state index is 6.42. The Kier molecular flexibility index (Phi) is 4.91. The monoisotopic (exact) mass is 614 g/mol. The molecule has 48 heavy (non-hydrogen) atoms. The molecule has 10 aromatic rings. The predicted molar refractivity (Wildman–Crippen MR) is 201 cm³/mol. The van der Waals surface area contributed by atoms with Crippen LogP contribution < -0.4 is 4.90 Å². The summed E-state index contributed by atoms with van der Waals surface area (Å²) < 4.78 is 8.86. The minimum absolute atomic E-state index is 0.103. The van der Waals surface area contributed by atoms with Gasteiger partial charge < -0.3 is 13.7 Å². The average Bonchev–Trinajstić information content (AvgIpc) is 3.83. The molecule has 0 bridgehead atoms. The number of para-hydroxylation sites is 3. The van der Waals surface area contributed by atoms with E-state index in [0.717, 1.165) is 39.0 Å². The van der Waals surface area contributed by atoms with Crippen molar-refractivity contribution in [3.05, 3.63) is 157 Å². The van der Waals surface area contributed by atoms with Crippen LogP contribution in [0.15, 0.2) is 150 Å². The molecule has 3 nitrogen and oxygen atoms in total. The molecule has 11 rings (SSSR count). The van der Waals surface area contributed by atoms with Crippen LogP contribution in [0.2, 0.25) is 0 Å². The summed E-state index contributed by atoms with van der Waals surface area (Å²) in [6, 6.07) is 53.2. The maximum Gasteiger partial charge on any atom is 0.137 e. The molecule has 3 aromatic heterocycles. The highest BCUT2D eigenvalue weighted by Gasteiger charge is 2.35. The Balaban J connectivity index is 1.17. The van der Waals surface area contributed by atoms with Gasteiger partial charge in [-0.25, -0.2) is 0 Å². The van der Waals surface area contributed by atoms with E-state index < -0.39 is 0 Å². The Hall–Kier alpha value is -6.06. The third-order valence-corrected chi connectivity index (χ3v) is 10.9. The van der Waals surface area contributed by atoms with Crippen molar-refractivity contribution in [1.29, 1.82) is 0 Å². The number of furan rings is 1. The van der Waals surface area contributed by atoms with Crippen LogP contribution in [-0.2, 0) is 5.41 Å². The smallest absolute Gasteiger partial charge is 0.137 e. The van der Waals surface area contributed by atoms with E-state index in [4.69, 9.17) is 4.42 Å². The van der Waals surface area contributed by atoms with Crippen molar-refractivity contribution in [2.45, 2.75) is 19.3 Å². The van der Waals surface area contributed by atoms with E-state index in [-0.39, 0.29) is 5.41 Å². The molecule has 0 aliphatic heterocycles. The normalized spacial score (nSPS) is 13.8. The molecular formula is C45H30N2O. The highest BCUT2D eigenvalue weighted by atomic mass is 16.3. The first-order valence-electron chi connectivity index (χ1n) is 16.7. The number of rotatable bonds is 3. The minimum atomic E-state index is -0.103. The first kappa shape index (κ1) is 26.1. The van der Waals surface area contributed by atoms with E-state index in [9.17, 15) is 0 Å². The lowest BCUT2D eigenvalue weighted by molar-refractivity contribution is 0.660. The van der Waals surface area contributed by atoms with Crippen molar-refractivity contribution < 1.29 is 4.42 Å². The summed E-state index contributed by atoms with van der Waals surface area (Å²) in [4.78, 5) is 2.40. The number of nitrogens with zero attached hydrogens (tertiary/aromatic N) is 2. The molecule has 0 unspecified atom stereocenters. The van der Waals surface area contributed by atoms with Crippen LogP contribution in [0.1, 0.15) is 25.0 Å². The third kappa shape index (κ3) is 3.28. The van der Waals surface area contributed by atoms with E-state index >= 15 is 0 Å². The molecule has 0 amide bonds. The third-order valence-electron chi connectivity index (χ3n) is 10.9. The Morgan fingerprint density at radius 1 is 0.458 bits per heavy atom. The van der Waals surface area contributed by atoms with E-state index in [1.807, 2.05) is 12.1 Å². The van der Waals surface area contributed by atoms with Crippen molar-refractivity contribution in [1.82, 2.24) is 4.40 Å². The maximum absolute atomic E-state index is 6.42. The molecule has 0 N–H and O–H groups in total. The van der Waals surface area contributed by atoms with Crippen LogP contribution >= 0.6 is 0 Å². The summed E-state index contributed by atoms with van der Waals surface area (Å²) in [5, 5.41) is 7.40. The van der Waals surface area contributed by atoms with Gasteiger partial charge in [-0.1, -0.05) is 98.8 Å². The van der Waals surface area contributed by atoms with E-state index in [2.05, 4.69) is 157 Å². The second-order valence-electron chi connectivity index (χ2n) is 13.8. The van der Waals surface area contributed by atoms with Gasteiger partial charge in [0.25, 0.3) is 0 Å². The highest BCUT2D eigenvalue weighted by molar-refractivity contribution is 6.23. The van der Waals surface area contributed by atoms with Gasteiger partial charge in [-0.15, -0.1) is 0 Å². The predicted octanol–water partition coefficient (Wildman–Crippen LogP) is 12.5. The van der Waals surface area contributed by atoms with Crippen LogP contribution in [0.5, 0.6) is 0 Å². The van der Waals surface area contributed by atoms with Gasteiger partial charge >= 0.3 is 0 Å². The fourth-order valence-corrected chi connectivity index (χ4v) is 8.69. The lowest BCUT2D eigenvalue weighted by Crippen LogP contribution is -2.16. The number of benzene rings is 7. The van der Waals surface area contributed by atoms with Crippen LogP contribution in [0.25, 0.3) is 71.2 Å². The summed E-state index contributed by atoms with van der Waals surface area (Å²) in [5.41, 5.74) is 14.2. The van der Waals surface area contributed by atoms with Crippen LogP contribution in [0.4, 0.5) is 17.1 Å². The van der Waals surface area contributed by atoms with Gasteiger partial charge in [-0.2, -0.15) is 0 Å². The Bertz CT molecular complexity index is 2940. The Morgan fingerprint density at radius 2 is 1.08 bits per heavy atom. The molecule has 0 spiro atoms. The molecule has 1 aliphatic rings. The Labute approximate surface area is 277 Å². The standard InChI is InChI=1S/C45H30N2O/c1-45(2)38-15-6-3-10-30(38)31-21-18-28(25-39(31)45)46(29-19-22-34-33-12-5-8-17-42(33)48-43(34)26-29)27-20-23-41-37(24-27)36-14-9-13-35-32-11-4-7-16-40(32)47(41)44(35)36/h3-26H,1-2H3. The van der Waals surface area contributed by atoms with Gasteiger partial charge in [0.15, 0.2) is 0 Å². The van der Waals surface area contributed by atoms with Gasteiger partial charge in [0.1, 0.15) is 11.2 Å². The number of hydrogen-bond donors (Lipinski definition) is 0. The zero-order valence-corrected chi connectivity index (χ0v) is 26.7. The first-order valence-corrected chi connectivity index (χ1v) is 16.7. The molecule has 0 fully saturated rings. The number of aromatic nitrogens is 1. The van der Waals surface area contributed by atoms with Crippen molar-refractivity contribution in [2.75, 3.05) is 4.90 Å².